The van der Waals surface area contributed by atoms with Crippen LogP contribution in [0.1, 0.15) is 40.4 Å². The van der Waals surface area contributed by atoms with Gasteiger partial charge in [0.2, 0.25) is 0 Å². The Morgan fingerprint density at radius 3 is 2.95 bits per heavy atom. The number of aliphatic hydroxyl groups excluding tert-OH is 1. The molecule has 4 nitrogen and oxygen atoms in total. The van der Waals surface area contributed by atoms with Gasteiger partial charge in [-0.3, -0.25) is 4.98 Å². The summed E-state index contributed by atoms with van der Waals surface area (Å²) in [5, 5.41) is 23.1. The van der Waals surface area contributed by atoms with Gasteiger partial charge in [-0.2, -0.15) is 0 Å². The first-order valence-corrected chi connectivity index (χ1v) is 7.29. The summed E-state index contributed by atoms with van der Waals surface area (Å²) in [6.07, 6.45) is 3.79. The smallest absolute Gasteiger partial charge is 0.141 e. The normalized spacial score (nSPS) is 17.0. The molecule has 0 radical (unpaired) electrons. The van der Waals surface area contributed by atoms with Crippen molar-refractivity contribution in [3.63, 3.8) is 0 Å². The molecular formula is C17H20N2O2. The minimum absolute atomic E-state index is 0.112. The molecule has 1 aliphatic rings. The van der Waals surface area contributed by atoms with Gasteiger partial charge in [0.05, 0.1) is 12.3 Å². The topological polar surface area (TPSA) is 65.4 Å². The van der Waals surface area contributed by atoms with Crippen molar-refractivity contribution in [1.29, 1.82) is 0 Å². The molecule has 3 N–H and O–H groups in total. The third kappa shape index (κ3) is 2.64. The molecule has 3 rings (SSSR count). The van der Waals surface area contributed by atoms with Gasteiger partial charge in [0.1, 0.15) is 5.75 Å². The summed E-state index contributed by atoms with van der Waals surface area (Å²) in [5.74, 6) is 0.181. The number of fused-ring (bicyclic) bond motifs is 1. The summed E-state index contributed by atoms with van der Waals surface area (Å²) in [6, 6.07) is 8.77. The zero-order valence-electron chi connectivity index (χ0n) is 12.1. The molecule has 21 heavy (non-hydrogen) atoms. The number of hydrogen-bond acceptors (Lipinski definition) is 4. The molecule has 1 heterocycles. The highest BCUT2D eigenvalue weighted by molar-refractivity contribution is 5.41. The first-order chi connectivity index (χ1) is 10.2. The van der Waals surface area contributed by atoms with Crippen LogP contribution >= 0.6 is 0 Å². The van der Waals surface area contributed by atoms with Crippen molar-refractivity contribution in [2.24, 2.45) is 0 Å². The van der Waals surface area contributed by atoms with Crippen LogP contribution in [0.15, 0.2) is 30.5 Å². The molecule has 0 aliphatic heterocycles. The molecule has 1 aromatic heterocycles. The number of nitrogens with one attached hydrogen (secondary N) is 1. The molecule has 1 aromatic carbocycles. The van der Waals surface area contributed by atoms with Gasteiger partial charge in [-0.15, -0.1) is 0 Å². The molecule has 0 amide bonds. The molecule has 1 unspecified atom stereocenters. The summed E-state index contributed by atoms with van der Waals surface area (Å²) < 4.78 is 0. The van der Waals surface area contributed by atoms with E-state index in [2.05, 4.69) is 34.6 Å². The van der Waals surface area contributed by atoms with Crippen molar-refractivity contribution in [1.82, 2.24) is 10.3 Å². The van der Waals surface area contributed by atoms with E-state index in [1.807, 2.05) is 0 Å². The van der Waals surface area contributed by atoms with E-state index in [0.29, 0.717) is 23.8 Å². The Labute approximate surface area is 124 Å². The maximum absolute atomic E-state index is 10.2. The van der Waals surface area contributed by atoms with Crippen molar-refractivity contribution in [2.45, 2.75) is 39.0 Å². The van der Waals surface area contributed by atoms with Gasteiger partial charge in [0.25, 0.3) is 0 Å². The van der Waals surface area contributed by atoms with Gasteiger partial charge in [-0.1, -0.05) is 24.3 Å². The summed E-state index contributed by atoms with van der Waals surface area (Å²) in [6.45, 7) is 2.19. The molecule has 0 saturated heterocycles. The van der Waals surface area contributed by atoms with Crippen LogP contribution in [-0.2, 0) is 19.6 Å². The number of aryl methyl sites for hydroxylation is 2. The molecule has 0 bridgehead atoms. The Morgan fingerprint density at radius 1 is 1.33 bits per heavy atom. The molecule has 1 atom stereocenters. The molecule has 2 aromatic rings. The van der Waals surface area contributed by atoms with Crippen molar-refractivity contribution >= 4 is 0 Å². The first-order valence-electron chi connectivity index (χ1n) is 7.29. The minimum Gasteiger partial charge on any atom is -0.506 e. The largest absolute Gasteiger partial charge is 0.506 e. The monoisotopic (exact) mass is 284 g/mol. The van der Waals surface area contributed by atoms with Crippen molar-refractivity contribution in [3.8, 4) is 5.75 Å². The Kier molecular flexibility index (Phi) is 3.90. The fraction of sp³-hybridized carbons (Fsp3) is 0.353. The highest BCUT2D eigenvalue weighted by atomic mass is 16.3. The Morgan fingerprint density at radius 2 is 2.14 bits per heavy atom. The third-order valence-electron chi connectivity index (χ3n) is 4.26. The maximum atomic E-state index is 10.2. The predicted molar refractivity (Wildman–Crippen MR) is 80.9 cm³/mol. The van der Waals surface area contributed by atoms with Crippen LogP contribution in [0.25, 0.3) is 0 Å². The van der Waals surface area contributed by atoms with Gasteiger partial charge >= 0.3 is 0 Å². The second-order valence-corrected chi connectivity index (χ2v) is 5.53. The van der Waals surface area contributed by atoms with Gasteiger partial charge in [0, 0.05) is 29.9 Å². The molecule has 0 fully saturated rings. The Bertz CT molecular complexity index is 655. The lowest BCUT2D eigenvalue weighted by Crippen LogP contribution is -2.20. The third-order valence-corrected chi connectivity index (χ3v) is 4.26. The minimum atomic E-state index is -0.112. The van der Waals surface area contributed by atoms with E-state index in [1.165, 1.54) is 11.1 Å². The summed E-state index contributed by atoms with van der Waals surface area (Å²) >= 11 is 0. The standard InChI is InChI=1S/C17H20N2O2/c1-11-17(21)15(13(10-20)8-18-11)9-19-16-7-6-12-4-2-3-5-14(12)16/h2-5,8,16,19-21H,6-7,9-10H2,1H3. The lowest BCUT2D eigenvalue weighted by Gasteiger charge is -2.17. The van der Waals surface area contributed by atoms with E-state index >= 15 is 0 Å². The lowest BCUT2D eigenvalue weighted by molar-refractivity contribution is 0.278. The number of pyridine rings is 1. The van der Waals surface area contributed by atoms with Crippen LogP contribution < -0.4 is 5.32 Å². The molecule has 0 spiro atoms. The number of hydrogen-bond donors (Lipinski definition) is 3. The number of nitrogens with zero attached hydrogens (tertiary/aromatic N) is 1. The van der Waals surface area contributed by atoms with Crippen molar-refractivity contribution < 1.29 is 10.2 Å². The van der Waals surface area contributed by atoms with E-state index in [9.17, 15) is 10.2 Å². The molecule has 4 heteroatoms. The van der Waals surface area contributed by atoms with Crippen LogP contribution in [0.2, 0.25) is 0 Å². The fourth-order valence-electron chi connectivity index (χ4n) is 3.01. The van der Waals surface area contributed by atoms with Crippen LogP contribution in [0.4, 0.5) is 0 Å². The highest BCUT2D eigenvalue weighted by Crippen LogP contribution is 2.32. The molecule has 110 valence electrons. The Balaban J connectivity index is 1.79. The molecule has 0 saturated carbocycles. The van der Waals surface area contributed by atoms with E-state index < -0.39 is 0 Å². The number of benzene rings is 1. The van der Waals surface area contributed by atoms with E-state index in [1.54, 1.807) is 13.1 Å². The molecular weight excluding hydrogens is 264 g/mol. The average Bonchev–Trinajstić information content (AvgIpc) is 2.92. The highest BCUT2D eigenvalue weighted by Gasteiger charge is 2.22. The number of aliphatic hydroxyl groups is 1. The maximum Gasteiger partial charge on any atom is 0.141 e. The van der Waals surface area contributed by atoms with Crippen LogP contribution in [0, 0.1) is 6.92 Å². The first kappa shape index (κ1) is 14.0. The summed E-state index contributed by atoms with van der Waals surface area (Å²) in [4.78, 5) is 4.09. The summed E-state index contributed by atoms with van der Waals surface area (Å²) in [5.41, 5.74) is 4.75. The van der Waals surface area contributed by atoms with Crippen LogP contribution in [0.5, 0.6) is 5.75 Å². The SMILES string of the molecule is Cc1ncc(CO)c(CNC2CCc3ccccc32)c1O. The van der Waals surface area contributed by atoms with E-state index in [-0.39, 0.29) is 12.4 Å². The number of aromatic hydroxyl groups is 1. The average molecular weight is 284 g/mol. The van der Waals surface area contributed by atoms with Gasteiger partial charge in [-0.25, -0.2) is 0 Å². The second-order valence-electron chi connectivity index (χ2n) is 5.53. The van der Waals surface area contributed by atoms with Gasteiger partial charge in [-0.05, 0) is 30.9 Å². The van der Waals surface area contributed by atoms with Crippen molar-refractivity contribution in [3.05, 3.63) is 58.4 Å². The van der Waals surface area contributed by atoms with E-state index in [0.717, 1.165) is 18.4 Å². The predicted octanol–water partition coefficient (Wildman–Crippen LogP) is 2.37. The van der Waals surface area contributed by atoms with Crippen molar-refractivity contribution in [2.75, 3.05) is 0 Å². The Hall–Kier alpha value is -1.91. The number of aromatic nitrogens is 1. The zero-order valence-corrected chi connectivity index (χ0v) is 12.1. The molecule has 1 aliphatic carbocycles. The van der Waals surface area contributed by atoms with Crippen LogP contribution in [-0.4, -0.2) is 15.2 Å². The fourth-order valence-corrected chi connectivity index (χ4v) is 3.01. The number of rotatable bonds is 4. The summed E-state index contributed by atoms with van der Waals surface area (Å²) in [7, 11) is 0. The van der Waals surface area contributed by atoms with E-state index in [4.69, 9.17) is 0 Å². The quantitative estimate of drug-likeness (QED) is 0.806. The second kappa shape index (κ2) is 5.84. The van der Waals surface area contributed by atoms with Gasteiger partial charge in [0.15, 0.2) is 0 Å². The zero-order chi connectivity index (χ0) is 14.8. The lowest BCUT2D eigenvalue weighted by atomic mass is 10.1. The van der Waals surface area contributed by atoms with Gasteiger partial charge < -0.3 is 15.5 Å². The van der Waals surface area contributed by atoms with Crippen LogP contribution in [0.3, 0.4) is 0 Å².